The van der Waals surface area contributed by atoms with Crippen LogP contribution in [0.3, 0.4) is 0 Å². The third-order valence-corrected chi connectivity index (χ3v) is 8.46. The van der Waals surface area contributed by atoms with Crippen LogP contribution in [-0.4, -0.2) is 51.6 Å². The first-order valence-corrected chi connectivity index (χ1v) is 17.5. The molecule has 0 amide bonds. The molecule has 0 bridgehead atoms. The summed E-state index contributed by atoms with van der Waals surface area (Å²) in [5.74, 6) is 0. The molecule has 2 atom stereocenters. The Bertz CT molecular complexity index is 1170. The Kier molecular flexibility index (Phi) is 17.5. The lowest BCUT2D eigenvalue weighted by Gasteiger charge is -2.18. The lowest BCUT2D eigenvalue weighted by Crippen LogP contribution is -2.31. The van der Waals surface area contributed by atoms with E-state index in [9.17, 15) is 16.8 Å². The van der Waals surface area contributed by atoms with Crippen LogP contribution < -0.4 is 0 Å². The third-order valence-electron chi connectivity index (χ3n) is 4.77. The second-order valence-corrected chi connectivity index (χ2v) is 11.2. The Labute approximate surface area is 231 Å². The predicted molar refractivity (Wildman–Crippen MR) is 164 cm³/mol. The van der Waals surface area contributed by atoms with Gasteiger partial charge < -0.3 is 0 Å². The molecule has 36 heavy (non-hydrogen) atoms. The van der Waals surface area contributed by atoms with E-state index >= 15 is 0 Å². The molecule has 2 aromatic rings. The van der Waals surface area contributed by atoms with Crippen molar-refractivity contribution in [3.63, 3.8) is 0 Å². The van der Waals surface area contributed by atoms with E-state index in [4.69, 9.17) is 0 Å². The first-order valence-electron chi connectivity index (χ1n) is 10.6. The molecule has 1 aliphatic rings. The van der Waals surface area contributed by atoms with Crippen LogP contribution in [0.1, 0.15) is 11.1 Å². The van der Waals surface area contributed by atoms with Crippen LogP contribution in [0.15, 0.2) is 95.8 Å². The van der Waals surface area contributed by atoms with E-state index in [2.05, 4.69) is 53.4 Å². The van der Waals surface area contributed by atoms with Crippen molar-refractivity contribution in [3.8, 4) is 0 Å². The van der Waals surface area contributed by atoms with Crippen molar-refractivity contribution in [2.75, 3.05) is 26.2 Å². The molecule has 1 aliphatic heterocycles. The van der Waals surface area contributed by atoms with E-state index in [-0.39, 0.29) is 13.1 Å². The highest BCUT2D eigenvalue weighted by Crippen LogP contribution is 2.18. The molecule has 0 aromatic heterocycles. The van der Waals surface area contributed by atoms with Crippen molar-refractivity contribution in [1.82, 2.24) is 8.61 Å². The summed E-state index contributed by atoms with van der Waals surface area (Å²) < 4.78 is 51.4. The molecule has 1 heterocycles. The number of aryl methyl sites for hydroxylation is 2. The van der Waals surface area contributed by atoms with Crippen LogP contribution in [0.4, 0.5) is 0 Å². The Morgan fingerprint density at radius 3 is 1.53 bits per heavy atom. The molecule has 0 spiro atoms. The van der Waals surface area contributed by atoms with Crippen molar-refractivity contribution < 1.29 is 16.8 Å². The van der Waals surface area contributed by atoms with Gasteiger partial charge in [-0.15, -0.1) is 31.0 Å². The predicted octanol–water partition coefficient (Wildman–Crippen LogP) is 4.56. The summed E-state index contributed by atoms with van der Waals surface area (Å²) in [6, 6.07) is 13.7. The smallest absolute Gasteiger partial charge is 0.207 e. The molecule has 0 radical (unpaired) electrons. The molecule has 3 rings (SSSR count). The Morgan fingerprint density at radius 1 is 0.806 bits per heavy atom. The van der Waals surface area contributed by atoms with Gasteiger partial charge in [-0.1, -0.05) is 59.7 Å². The van der Waals surface area contributed by atoms with Crippen LogP contribution in [0, 0.1) is 13.8 Å². The molecule has 0 saturated heterocycles. The molecule has 2 aromatic carbocycles. The van der Waals surface area contributed by atoms with Gasteiger partial charge in [0.1, 0.15) is 0 Å². The van der Waals surface area contributed by atoms with Gasteiger partial charge in [0.15, 0.2) is 0 Å². The number of nitrogens with zero attached hydrogens (tertiary/aromatic N) is 2. The molecule has 0 aliphatic carbocycles. The maximum absolute atomic E-state index is 12.3. The topological polar surface area (TPSA) is 74.8 Å². The quantitative estimate of drug-likeness (QED) is 0.325. The zero-order valence-corrected chi connectivity index (χ0v) is 26.1. The zero-order chi connectivity index (χ0) is 27.8. The number of hydrogen-bond donors (Lipinski definition) is 0. The van der Waals surface area contributed by atoms with Crippen LogP contribution in [0.25, 0.3) is 0 Å². The average molecular weight is 605 g/mol. The molecule has 2 unspecified atom stereocenters. The van der Waals surface area contributed by atoms with Gasteiger partial charge in [-0.25, -0.2) is 16.8 Å². The molecule has 12 heteroatoms. The maximum Gasteiger partial charge on any atom is 0.243 e. The van der Waals surface area contributed by atoms with Crippen LogP contribution in [0.5, 0.6) is 0 Å². The fourth-order valence-corrected chi connectivity index (χ4v) is 5.66. The summed E-state index contributed by atoms with van der Waals surface area (Å²) in [6.45, 7) is 12.5. The van der Waals surface area contributed by atoms with E-state index in [0.717, 1.165) is 11.1 Å². The highest BCUT2D eigenvalue weighted by Gasteiger charge is 2.24. The van der Waals surface area contributed by atoms with Gasteiger partial charge in [-0.3, -0.25) is 0 Å². The Balaban J connectivity index is 0.000000600. The second-order valence-electron chi connectivity index (χ2n) is 7.32. The summed E-state index contributed by atoms with van der Waals surface area (Å²) >= 11 is 7.33. The fraction of sp³-hybridized carbons (Fsp3) is 0.250. The molecule has 0 saturated carbocycles. The molecule has 0 N–H and O–H groups in total. The first-order chi connectivity index (χ1) is 17.1. The SMILES string of the molecule is C=CCN(CC=C)S(=O)(=O)c1ccc(C)cc1.Cc1ccc(S(=O)(=O)N2CC=CC2)cc1.PP.S=S. The van der Waals surface area contributed by atoms with Gasteiger partial charge in [0.25, 0.3) is 0 Å². The second kappa shape index (κ2) is 18.1. The van der Waals surface area contributed by atoms with E-state index in [1.807, 2.05) is 38.1 Å². The molecular weight excluding hydrogens is 570 g/mol. The number of rotatable bonds is 8. The third kappa shape index (κ3) is 10.6. The van der Waals surface area contributed by atoms with Crippen molar-refractivity contribution in [2.45, 2.75) is 23.6 Å². The highest BCUT2D eigenvalue weighted by molar-refractivity contribution is 8.07. The van der Waals surface area contributed by atoms with Gasteiger partial charge >= 0.3 is 0 Å². The van der Waals surface area contributed by atoms with E-state index in [1.165, 1.54) is 8.61 Å². The van der Waals surface area contributed by atoms with Gasteiger partial charge in [0.05, 0.1) is 9.79 Å². The summed E-state index contributed by atoms with van der Waals surface area (Å²) in [5.41, 5.74) is 2.09. The molecule has 6 nitrogen and oxygen atoms in total. The first kappa shape index (κ1) is 34.8. The van der Waals surface area contributed by atoms with Gasteiger partial charge in [-0.2, -0.15) is 8.61 Å². The standard InChI is InChI=1S/C13H17NO2S.C11H13NO2S.H4P2.S2/c1-4-10-14(11-5-2)17(15,16)13-8-6-12(3)7-9-13;1-10-4-6-11(7-5-10)15(13,14)12-8-2-3-9-12;2*1-2/h4-9H,1-2,10-11H2,3H3;2-7H,8-9H2,1H3;1-2H2;. The fourth-order valence-electron chi connectivity index (χ4n) is 2.93. The summed E-state index contributed by atoms with van der Waals surface area (Å²) in [5, 5.41) is 0. The van der Waals surface area contributed by atoms with E-state index in [0.29, 0.717) is 22.9 Å². The Hall–Kier alpha value is -1.22. The monoisotopic (exact) mass is 604 g/mol. The van der Waals surface area contributed by atoms with Crippen LogP contribution in [0.2, 0.25) is 0 Å². The summed E-state index contributed by atoms with van der Waals surface area (Å²) in [7, 11) is -2.07. The summed E-state index contributed by atoms with van der Waals surface area (Å²) in [4.78, 5) is 0.670. The van der Waals surface area contributed by atoms with Gasteiger partial charge in [-0.05, 0) is 38.1 Å². The minimum Gasteiger partial charge on any atom is -0.207 e. The van der Waals surface area contributed by atoms with Crippen molar-refractivity contribution in [2.24, 2.45) is 0 Å². The molecule has 0 fully saturated rings. The van der Waals surface area contributed by atoms with Crippen LogP contribution >= 0.6 is 17.9 Å². The molecule has 198 valence electrons. The number of hydrogen-bond acceptors (Lipinski definition) is 6. The van der Waals surface area contributed by atoms with E-state index < -0.39 is 20.0 Å². The van der Waals surface area contributed by atoms with Crippen molar-refractivity contribution in [1.29, 1.82) is 0 Å². The van der Waals surface area contributed by atoms with Crippen molar-refractivity contribution >= 4 is 60.3 Å². The number of sulfonamides is 2. The van der Waals surface area contributed by atoms with Gasteiger partial charge in [0, 0.05) is 48.6 Å². The maximum atomic E-state index is 12.3. The summed E-state index contributed by atoms with van der Waals surface area (Å²) in [6.07, 6.45) is 6.86. The normalized spacial score (nSPS) is 12.8. The highest BCUT2D eigenvalue weighted by atomic mass is 32.8. The average Bonchev–Trinajstić information content (AvgIpc) is 3.44. The minimum absolute atomic E-state index is 0.280. The zero-order valence-electron chi connectivity index (χ0n) is 20.5. The van der Waals surface area contributed by atoms with Crippen molar-refractivity contribution in [3.05, 3.63) is 97.1 Å². The Morgan fingerprint density at radius 2 is 1.17 bits per heavy atom. The largest absolute Gasteiger partial charge is 0.243 e. The minimum atomic E-state index is -3.45. The van der Waals surface area contributed by atoms with Crippen LogP contribution in [-0.2, 0) is 42.4 Å². The lowest BCUT2D eigenvalue weighted by atomic mass is 10.2. The van der Waals surface area contributed by atoms with E-state index in [1.54, 1.807) is 48.6 Å². The lowest BCUT2D eigenvalue weighted by molar-refractivity contribution is 0.474. The van der Waals surface area contributed by atoms with Gasteiger partial charge in [0.2, 0.25) is 20.0 Å². The molecular formula is C24H34N2O4P2S4. The number of benzene rings is 2.